The normalized spacial score (nSPS) is 10.8. The average molecular weight is 351 g/mol. The molecule has 3 rings (SSSR count). The lowest BCUT2D eigenvalue weighted by molar-refractivity contribution is -0.121. The van der Waals surface area contributed by atoms with Crippen molar-refractivity contribution in [2.45, 2.75) is 39.7 Å². The molecule has 0 atom stereocenters. The molecule has 0 bridgehead atoms. The van der Waals surface area contributed by atoms with E-state index in [0.717, 1.165) is 36.5 Å². The molecule has 0 aliphatic carbocycles. The highest BCUT2D eigenvalue weighted by Crippen LogP contribution is 2.13. The zero-order valence-corrected chi connectivity index (χ0v) is 15.4. The fourth-order valence-electron chi connectivity index (χ4n) is 2.96. The lowest BCUT2D eigenvalue weighted by Crippen LogP contribution is -2.25. The van der Waals surface area contributed by atoms with E-state index >= 15 is 0 Å². The molecule has 3 aromatic rings. The van der Waals surface area contributed by atoms with Crippen LogP contribution in [0.5, 0.6) is 0 Å². The second-order valence-corrected chi connectivity index (χ2v) is 6.48. The van der Waals surface area contributed by atoms with E-state index in [1.807, 2.05) is 28.6 Å². The van der Waals surface area contributed by atoms with Crippen LogP contribution in [0, 0.1) is 13.8 Å². The van der Waals surface area contributed by atoms with E-state index in [4.69, 9.17) is 0 Å². The average Bonchev–Trinajstić information content (AvgIpc) is 3.25. The minimum atomic E-state index is 0.0939. The maximum absolute atomic E-state index is 11.9. The van der Waals surface area contributed by atoms with Crippen molar-refractivity contribution in [2.75, 3.05) is 6.54 Å². The van der Waals surface area contributed by atoms with E-state index in [-0.39, 0.29) is 5.91 Å². The first-order valence-electron chi connectivity index (χ1n) is 8.98. The molecule has 0 unspecified atom stereocenters. The molecule has 0 saturated carbocycles. The number of aryl methyl sites for hydroxylation is 3. The number of benzene rings is 1. The Bertz CT molecular complexity index is 834. The standard InChI is InChI=1S/C20H25N5O/c1-16-15-17(2)25(23-16)19-8-6-18(7-9-19)10-12-21-20(26)5-3-13-24-14-4-11-22-24/h4,6-9,11,14-15H,3,5,10,12-13H2,1-2H3,(H,21,26). The summed E-state index contributed by atoms with van der Waals surface area (Å²) >= 11 is 0. The Morgan fingerprint density at radius 1 is 1.19 bits per heavy atom. The molecule has 1 aromatic carbocycles. The molecule has 0 fully saturated rings. The van der Waals surface area contributed by atoms with Crippen LogP contribution < -0.4 is 5.32 Å². The van der Waals surface area contributed by atoms with E-state index in [0.29, 0.717) is 13.0 Å². The van der Waals surface area contributed by atoms with Crippen molar-refractivity contribution in [1.82, 2.24) is 24.9 Å². The number of hydrogen-bond donors (Lipinski definition) is 1. The molecule has 0 aliphatic rings. The van der Waals surface area contributed by atoms with Crippen LogP contribution in [0.3, 0.4) is 0 Å². The van der Waals surface area contributed by atoms with Crippen LogP contribution in [0.4, 0.5) is 0 Å². The lowest BCUT2D eigenvalue weighted by Gasteiger charge is -2.08. The monoisotopic (exact) mass is 351 g/mol. The van der Waals surface area contributed by atoms with Gasteiger partial charge in [-0.3, -0.25) is 9.48 Å². The Hall–Kier alpha value is -2.89. The van der Waals surface area contributed by atoms with Gasteiger partial charge in [-0.15, -0.1) is 0 Å². The summed E-state index contributed by atoms with van der Waals surface area (Å²) in [5.41, 5.74) is 4.40. The van der Waals surface area contributed by atoms with Crippen molar-refractivity contribution in [3.05, 3.63) is 65.7 Å². The number of carbonyl (C=O) groups is 1. The highest BCUT2D eigenvalue weighted by atomic mass is 16.1. The van der Waals surface area contributed by atoms with Gasteiger partial charge >= 0.3 is 0 Å². The molecule has 6 heteroatoms. The van der Waals surface area contributed by atoms with Gasteiger partial charge in [-0.2, -0.15) is 10.2 Å². The van der Waals surface area contributed by atoms with Gasteiger partial charge < -0.3 is 5.32 Å². The molecular formula is C20H25N5O. The van der Waals surface area contributed by atoms with Crippen molar-refractivity contribution in [2.24, 2.45) is 0 Å². The van der Waals surface area contributed by atoms with Crippen LogP contribution in [0.25, 0.3) is 5.69 Å². The van der Waals surface area contributed by atoms with Gasteiger partial charge in [0, 0.05) is 37.6 Å². The van der Waals surface area contributed by atoms with Crippen LogP contribution in [0.15, 0.2) is 48.8 Å². The molecule has 0 aliphatic heterocycles. The van der Waals surface area contributed by atoms with Gasteiger partial charge in [0.1, 0.15) is 0 Å². The highest BCUT2D eigenvalue weighted by molar-refractivity contribution is 5.75. The molecule has 1 amide bonds. The number of rotatable bonds is 8. The Kier molecular flexibility index (Phi) is 5.84. The number of nitrogens with one attached hydrogen (secondary N) is 1. The molecule has 0 spiro atoms. The zero-order valence-electron chi connectivity index (χ0n) is 15.4. The first-order chi connectivity index (χ1) is 12.6. The van der Waals surface area contributed by atoms with Crippen molar-refractivity contribution < 1.29 is 4.79 Å². The highest BCUT2D eigenvalue weighted by Gasteiger charge is 2.04. The van der Waals surface area contributed by atoms with Gasteiger partial charge in [0.25, 0.3) is 0 Å². The van der Waals surface area contributed by atoms with E-state index in [2.05, 4.69) is 52.8 Å². The number of hydrogen-bond acceptors (Lipinski definition) is 3. The quantitative estimate of drug-likeness (QED) is 0.679. The van der Waals surface area contributed by atoms with Crippen molar-refractivity contribution in [1.29, 1.82) is 0 Å². The summed E-state index contributed by atoms with van der Waals surface area (Å²) < 4.78 is 3.79. The molecule has 0 radical (unpaired) electrons. The van der Waals surface area contributed by atoms with Crippen LogP contribution in [-0.4, -0.2) is 32.0 Å². The second kappa shape index (κ2) is 8.47. The van der Waals surface area contributed by atoms with Gasteiger partial charge in [-0.1, -0.05) is 12.1 Å². The van der Waals surface area contributed by atoms with Gasteiger partial charge in [0.05, 0.1) is 11.4 Å². The van der Waals surface area contributed by atoms with Crippen LogP contribution in [-0.2, 0) is 17.8 Å². The van der Waals surface area contributed by atoms with Gasteiger partial charge in [-0.25, -0.2) is 4.68 Å². The Morgan fingerprint density at radius 3 is 2.65 bits per heavy atom. The van der Waals surface area contributed by atoms with Crippen LogP contribution >= 0.6 is 0 Å². The molecule has 1 N–H and O–H groups in total. The van der Waals surface area contributed by atoms with Crippen molar-refractivity contribution in [3.8, 4) is 5.69 Å². The third-order valence-corrected chi connectivity index (χ3v) is 4.28. The van der Waals surface area contributed by atoms with Gasteiger partial charge in [-0.05, 0) is 56.5 Å². The lowest BCUT2D eigenvalue weighted by atomic mass is 10.1. The molecular weight excluding hydrogens is 326 g/mol. The summed E-state index contributed by atoms with van der Waals surface area (Å²) in [6.45, 7) is 5.47. The van der Waals surface area contributed by atoms with Crippen molar-refractivity contribution in [3.63, 3.8) is 0 Å². The van der Waals surface area contributed by atoms with Crippen LogP contribution in [0.2, 0.25) is 0 Å². The fourth-order valence-corrected chi connectivity index (χ4v) is 2.96. The third-order valence-electron chi connectivity index (χ3n) is 4.28. The molecule has 2 heterocycles. The zero-order chi connectivity index (χ0) is 18.4. The summed E-state index contributed by atoms with van der Waals surface area (Å²) in [5.74, 6) is 0.0939. The molecule has 2 aromatic heterocycles. The number of carbonyl (C=O) groups excluding carboxylic acids is 1. The summed E-state index contributed by atoms with van der Waals surface area (Å²) in [5, 5.41) is 11.6. The third kappa shape index (κ3) is 4.81. The SMILES string of the molecule is Cc1cc(C)n(-c2ccc(CCNC(=O)CCCn3cccn3)cc2)n1. The topological polar surface area (TPSA) is 64.7 Å². The Balaban J connectivity index is 1.40. The predicted octanol–water partition coefficient (Wildman–Crippen LogP) is 2.82. The smallest absolute Gasteiger partial charge is 0.220 e. The van der Waals surface area contributed by atoms with E-state index in [1.54, 1.807) is 6.20 Å². The van der Waals surface area contributed by atoms with Crippen LogP contribution in [0.1, 0.15) is 29.8 Å². The summed E-state index contributed by atoms with van der Waals surface area (Å²) in [6.07, 6.45) is 5.80. The molecule has 136 valence electrons. The maximum atomic E-state index is 11.9. The minimum Gasteiger partial charge on any atom is -0.356 e. The van der Waals surface area contributed by atoms with E-state index < -0.39 is 0 Å². The summed E-state index contributed by atoms with van der Waals surface area (Å²) in [4.78, 5) is 11.9. The molecule has 0 saturated heterocycles. The number of amides is 1. The summed E-state index contributed by atoms with van der Waals surface area (Å²) in [7, 11) is 0. The first-order valence-corrected chi connectivity index (χ1v) is 8.98. The van der Waals surface area contributed by atoms with E-state index in [9.17, 15) is 4.79 Å². The van der Waals surface area contributed by atoms with E-state index in [1.165, 1.54) is 5.56 Å². The Labute approximate surface area is 153 Å². The maximum Gasteiger partial charge on any atom is 0.220 e. The molecule has 26 heavy (non-hydrogen) atoms. The van der Waals surface area contributed by atoms with Gasteiger partial charge in [0.2, 0.25) is 5.91 Å². The number of aromatic nitrogens is 4. The Morgan fingerprint density at radius 2 is 2.00 bits per heavy atom. The second-order valence-electron chi connectivity index (χ2n) is 6.48. The minimum absolute atomic E-state index is 0.0939. The van der Waals surface area contributed by atoms with Crippen molar-refractivity contribution >= 4 is 5.91 Å². The summed E-state index contributed by atoms with van der Waals surface area (Å²) in [6, 6.07) is 12.3. The number of nitrogens with zero attached hydrogens (tertiary/aromatic N) is 4. The molecule has 6 nitrogen and oxygen atoms in total. The fraction of sp³-hybridized carbons (Fsp3) is 0.350. The first kappa shape index (κ1) is 17.9. The predicted molar refractivity (Wildman–Crippen MR) is 101 cm³/mol. The largest absolute Gasteiger partial charge is 0.356 e. The van der Waals surface area contributed by atoms with Gasteiger partial charge in [0.15, 0.2) is 0 Å².